The van der Waals surface area contributed by atoms with E-state index in [-0.39, 0.29) is 25.1 Å². The van der Waals surface area contributed by atoms with Gasteiger partial charge in [0.15, 0.2) is 0 Å². The first-order chi connectivity index (χ1) is 43.4. The van der Waals surface area contributed by atoms with Gasteiger partial charge in [-0.3, -0.25) is 18.6 Å². The van der Waals surface area contributed by atoms with Gasteiger partial charge in [-0.2, -0.15) is 0 Å². The van der Waals surface area contributed by atoms with Crippen molar-refractivity contribution in [2.45, 2.75) is 405 Å². The van der Waals surface area contributed by atoms with Gasteiger partial charge < -0.3 is 19.4 Å². The fourth-order valence-electron chi connectivity index (χ4n) is 11.7. The van der Waals surface area contributed by atoms with E-state index < -0.39 is 20.0 Å². The molecule has 0 rings (SSSR count). The Bertz CT molecular complexity index is 1660. The van der Waals surface area contributed by atoms with Crippen LogP contribution in [-0.2, 0) is 27.9 Å². The van der Waals surface area contributed by atoms with Crippen molar-refractivity contribution >= 4 is 19.7 Å². The lowest BCUT2D eigenvalue weighted by Gasteiger charge is -2.27. The molecule has 2 N–H and O–H groups in total. The van der Waals surface area contributed by atoms with Gasteiger partial charge >= 0.3 is 13.8 Å². The van der Waals surface area contributed by atoms with Crippen LogP contribution >= 0.6 is 7.82 Å². The van der Waals surface area contributed by atoms with E-state index >= 15 is 0 Å². The third kappa shape index (κ3) is 70.1. The summed E-state index contributed by atoms with van der Waals surface area (Å²) in [7, 11) is 1.51. The van der Waals surface area contributed by atoms with Crippen LogP contribution in [0.3, 0.4) is 0 Å². The van der Waals surface area contributed by atoms with E-state index in [2.05, 4.69) is 68.6 Å². The lowest BCUT2D eigenvalue weighted by atomic mass is 10.0. The van der Waals surface area contributed by atoms with Crippen LogP contribution < -0.4 is 5.32 Å². The first-order valence-electron chi connectivity index (χ1n) is 39.0. The molecular formula is C79H152N2O7P+. The van der Waals surface area contributed by atoms with Crippen LogP contribution in [0.1, 0.15) is 393 Å². The molecule has 0 aliphatic rings. The maximum atomic E-state index is 13.7. The van der Waals surface area contributed by atoms with Crippen LogP contribution in [0.4, 0.5) is 0 Å². The van der Waals surface area contributed by atoms with Gasteiger partial charge in [-0.25, -0.2) is 4.57 Å². The summed E-state index contributed by atoms with van der Waals surface area (Å²) in [6.45, 7) is 7.05. The highest BCUT2D eigenvalue weighted by atomic mass is 31.2. The van der Waals surface area contributed by atoms with Crippen molar-refractivity contribution in [2.75, 3.05) is 40.9 Å². The number of rotatable bonds is 72. The lowest BCUT2D eigenvalue weighted by Crippen LogP contribution is -2.47. The number of hydrogen-bond acceptors (Lipinski definition) is 6. The lowest BCUT2D eigenvalue weighted by molar-refractivity contribution is -0.870. The number of phosphoric ester groups is 1. The Hall–Kier alpha value is -2.03. The SMILES string of the molecule is CCCCC/C=C\C/C=C\CCCCCCCCCCCCCCCCCC(=O)OC(/C=C/CCCCCCCCCCCCC)C(COP(=O)(O)OCC[N+](C)(C)C)NC(=O)CCCCCCCCCCCCCCCCC/C=C/CCCCCCCC. The molecular weight excluding hydrogens is 1120 g/mol. The predicted octanol–water partition coefficient (Wildman–Crippen LogP) is 25.1. The van der Waals surface area contributed by atoms with E-state index in [1.165, 1.54) is 295 Å². The number of carbonyl (C=O) groups excluding carboxylic acids is 2. The molecule has 89 heavy (non-hydrogen) atoms. The normalized spacial score (nSPS) is 13.7. The molecule has 0 aromatic rings. The Balaban J connectivity index is 4.97. The number of ether oxygens (including phenoxy) is 1. The Labute approximate surface area is 554 Å². The van der Waals surface area contributed by atoms with E-state index in [0.29, 0.717) is 23.9 Å². The molecule has 0 heterocycles. The number of unbranched alkanes of at least 4 members (excludes halogenated alkanes) is 50. The van der Waals surface area contributed by atoms with Crippen molar-refractivity contribution in [1.29, 1.82) is 0 Å². The van der Waals surface area contributed by atoms with Gasteiger partial charge in [0.05, 0.1) is 33.8 Å². The molecule has 10 heteroatoms. The van der Waals surface area contributed by atoms with Crippen molar-refractivity contribution in [3.63, 3.8) is 0 Å². The number of phosphoric acid groups is 1. The van der Waals surface area contributed by atoms with Gasteiger partial charge in [0, 0.05) is 12.8 Å². The molecule has 1 amide bonds. The minimum atomic E-state index is -4.46. The predicted molar refractivity (Wildman–Crippen MR) is 388 cm³/mol. The smallest absolute Gasteiger partial charge is 0.456 e. The zero-order valence-electron chi connectivity index (χ0n) is 60.2. The summed E-state index contributed by atoms with van der Waals surface area (Å²) in [5.41, 5.74) is 0. The maximum absolute atomic E-state index is 13.7. The molecule has 3 atom stereocenters. The third-order valence-corrected chi connectivity index (χ3v) is 18.7. The average Bonchev–Trinajstić information content (AvgIpc) is 3.54. The number of likely N-dealkylation sites (N-methyl/N-ethyl adjacent to an activating group) is 1. The van der Waals surface area contributed by atoms with Crippen LogP contribution in [-0.4, -0.2) is 74.3 Å². The summed E-state index contributed by atoms with van der Waals surface area (Å²) in [5.74, 6) is -0.483. The van der Waals surface area contributed by atoms with Gasteiger partial charge in [0.2, 0.25) is 5.91 Å². The number of allylic oxidation sites excluding steroid dienone is 7. The molecule has 0 saturated carbocycles. The molecule has 0 spiro atoms. The molecule has 0 radical (unpaired) electrons. The largest absolute Gasteiger partial charge is 0.472 e. The van der Waals surface area contributed by atoms with Gasteiger partial charge in [0.1, 0.15) is 19.3 Å². The minimum Gasteiger partial charge on any atom is -0.456 e. The van der Waals surface area contributed by atoms with E-state index in [0.717, 1.165) is 64.2 Å². The van der Waals surface area contributed by atoms with Crippen molar-refractivity contribution in [3.05, 3.63) is 48.6 Å². The number of esters is 1. The minimum absolute atomic E-state index is 0.0426. The van der Waals surface area contributed by atoms with E-state index in [4.69, 9.17) is 13.8 Å². The van der Waals surface area contributed by atoms with Crippen molar-refractivity contribution in [1.82, 2.24) is 5.32 Å². The Morgan fingerprint density at radius 3 is 1.04 bits per heavy atom. The third-order valence-electron chi connectivity index (χ3n) is 17.7. The number of nitrogens with one attached hydrogen (secondary N) is 1. The van der Waals surface area contributed by atoms with Gasteiger partial charge in [-0.1, -0.05) is 339 Å². The molecule has 0 aliphatic carbocycles. The second-order valence-electron chi connectivity index (χ2n) is 27.9. The summed E-state index contributed by atoms with van der Waals surface area (Å²) in [4.78, 5) is 38.0. The molecule has 0 aliphatic heterocycles. The second kappa shape index (κ2) is 68.8. The molecule has 524 valence electrons. The molecule has 0 saturated heterocycles. The number of amides is 1. The fourth-order valence-corrected chi connectivity index (χ4v) is 12.5. The number of nitrogens with zero attached hydrogens (tertiary/aromatic N) is 1. The Morgan fingerprint density at radius 2 is 0.685 bits per heavy atom. The zero-order chi connectivity index (χ0) is 64.9. The Kier molecular flexibility index (Phi) is 67.2. The van der Waals surface area contributed by atoms with Crippen LogP contribution in [0, 0.1) is 0 Å². The monoisotopic (exact) mass is 1270 g/mol. The van der Waals surface area contributed by atoms with Gasteiger partial charge in [-0.05, 0) is 89.5 Å². The van der Waals surface area contributed by atoms with E-state index in [1.54, 1.807) is 0 Å². The first-order valence-corrected chi connectivity index (χ1v) is 40.5. The van der Waals surface area contributed by atoms with Crippen LogP contribution in [0.2, 0.25) is 0 Å². The molecule has 0 aromatic carbocycles. The molecule has 0 bridgehead atoms. The maximum Gasteiger partial charge on any atom is 0.472 e. The first kappa shape index (κ1) is 87.0. The summed E-state index contributed by atoms with van der Waals surface area (Å²) in [6, 6.07) is -0.848. The highest BCUT2D eigenvalue weighted by molar-refractivity contribution is 7.47. The number of hydrogen-bond donors (Lipinski definition) is 2. The zero-order valence-corrected chi connectivity index (χ0v) is 61.1. The summed E-state index contributed by atoms with van der Waals surface area (Å²) < 4.78 is 30.9. The molecule has 0 fully saturated rings. The van der Waals surface area contributed by atoms with Crippen LogP contribution in [0.5, 0.6) is 0 Å². The van der Waals surface area contributed by atoms with E-state index in [9.17, 15) is 19.0 Å². The molecule has 3 unspecified atom stereocenters. The van der Waals surface area contributed by atoms with Gasteiger partial charge in [0.25, 0.3) is 0 Å². The van der Waals surface area contributed by atoms with Crippen LogP contribution in [0.25, 0.3) is 0 Å². The van der Waals surface area contributed by atoms with Crippen LogP contribution in [0.15, 0.2) is 48.6 Å². The molecule has 0 aromatic heterocycles. The topological polar surface area (TPSA) is 111 Å². The fraction of sp³-hybridized carbons (Fsp3) is 0.873. The van der Waals surface area contributed by atoms with E-state index in [1.807, 2.05) is 27.2 Å². The van der Waals surface area contributed by atoms with Crippen molar-refractivity contribution in [2.24, 2.45) is 0 Å². The van der Waals surface area contributed by atoms with Gasteiger partial charge in [-0.15, -0.1) is 0 Å². The summed E-state index contributed by atoms with van der Waals surface area (Å²) in [6.07, 6.45) is 88.5. The number of quaternary nitrogens is 1. The summed E-state index contributed by atoms with van der Waals surface area (Å²) >= 11 is 0. The highest BCUT2D eigenvalue weighted by Gasteiger charge is 2.30. The quantitative estimate of drug-likeness (QED) is 0.0205. The second-order valence-corrected chi connectivity index (χ2v) is 29.3. The van der Waals surface area contributed by atoms with Crippen molar-refractivity contribution in [3.8, 4) is 0 Å². The standard InChI is InChI=1S/C79H151N2O7P/c1-7-10-13-16-19-22-25-28-30-32-34-36-38-40-42-44-46-48-50-53-56-59-62-65-68-71-78(82)80-76(75-87-89(84,85)86-74-73-81(4,5)6)77(70-67-64-61-58-55-52-27-24-21-18-15-12-9-3)88-79(83)72-69-66-63-60-57-54-51-49-47-45-43-41-39-37-35-33-31-29-26-23-20-17-14-11-8-2/h20,23,28-31,67,70,76-77H,7-19,21-22,24-27,32-66,68-69,71-75H2,1-6H3,(H-,80,82,84,85)/p+1/b23-20-,30-28+,31-29-,70-67+. The Morgan fingerprint density at radius 1 is 0.393 bits per heavy atom. The molecule has 9 nitrogen and oxygen atoms in total. The summed E-state index contributed by atoms with van der Waals surface area (Å²) in [5, 5.41) is 3.09. The highest BCUT2D eigenvalue weighted by Crippen LogP contribution is 2.43. The average molecular weight is 1270 g/mol. The number of carbonyl (C=O) groups is 2. The van der Waals surface area contributed by atoms with Crippen molar-refractivity contribution < 1.29 is 37.3 Å².